The number of nitrogens with zero attached hydrogens (tertiary/aromatic N) is 4. The van der Waals surface area contributed by atoms with Crippen molar-refractivity contribution in [3.63, 3.8) is 0 Å². The van der Waals surface area contributed by atoms with E-state index in [0.717, 1.165) is 6.29 Å². The van der Waals surface area contributed by atoms with E-state index >= 15 is 0 Å². The van der Waals surface area contributed by atoms with Gasteiger partial charge in [0.1, 0.15) is 17.7 Å². The highest BCUT2D eigenvalue weighted by molar-refractivity contribution is 5.76. The fourth-order valence-corrected chi connectivity index (χ4v) is 1.32. The summed E-state index contributed by atoms with van der Waals surface area (Å²) >= 11 is 0. The zero-order valence-corrected chi connectivity index (χ0v) is 8.91. The van der Waals surface area contributed by atoms with E-state index in [1.807, 2.05) is 0 Å². The van der Waals surface area contributed by atoms with Crippen LogP contribution in [0.2, 0.25) is 0 Å². The number of benzene rings is 1. The normalized spacial score (nSPS) is 10.1. The fraction of sp³-hybridized carbons (Fsp3) is 0.200. The fourth-order valence-electron chi connectivity index (χ4n) is 1.32. The van der Waals surface area contributed by atoms with E-state index in [0.29, 0.717) is 22.8 Å². The van der Waals surface area contributed by atoms with Crippen molar-refractivity contribution < 1.29 is 9.53 Å². The SMILES string of the molecule is COc1cc(C=O)ccc1-n1nnc(C)n1. The van der Waals surface area contributed by atoms with E-state index in [2.05, 4.69) is 15.4 Å². The minimum absolute atomic E-state index is 0.530. The number of tetrazole rings is 1. The van der Waals surface area contributed by atoms with Gasteiger partial charge in [-0.15, -0.1) is 15.0 Å². The third-order valence-electron chi connectivity index (χ3n) is 2.07. The van der Waals surface area contributed by atoms with Crippen LogP contribution in [-0.4, -0.2) is 33.6 Å². The number of carbonyl (C=O) groups is 1. The molecule has 0 atom stereocenters. The molecule has 1 aromatic carbocycles. The number of aromatic nitrogens is 4. The second-order valence-corrected chi connectivity index (χ2v) is 3.18. The van der Waals surface area contributed by atoms with Crippen molar-refractivity contribution in [3.8, 4) is 11.4 Å². The summed E-state index contributed by atoms with van der Waals surface area (Å²) in [4.78, 5) is 12.0. The maximum atomic E-state index is 10.6. The second-order valence-electron chi connectivity index (χ2n) is 3.18. The van der Waals surface area contributed by atoms with Crippen LogP contribution in [0.5, 0.6) is 5.75 Å². The smallest absolute Gasteiger partial charge is 0.172 e. The molecule has 0 aliphatic carbocycles. The van der Waals surface area contributed by atoms with Crippen molar-refractivity contribution in [1.82, 2.24) is 20.2 Å². The molecule has 0 aliphatic rings. The third kappa shape index (κ3) is 1.77. The number of aldehydes is 1. The zero-order valence-electron chi connectivity index (χ0n) is 8.91. The van der Waals surface area contributed by atoms with Crippen LogP contribution < -0.4 is 4.74 Å². The van der Waals surface area contributed by atoms with E-state index in [1.165, 1.54) is 11.9 Å². The van der Waals surface area contributed by atoms with Crippen LogP contribution in [-0.2, 0) is 0 Å². The average molecular weight is 218 g/mol. The Bertz CT molecular complexity index is 521. The quantitative estimate of drug-likeness (QED) is 0.712. The first-order valence-corrected chi connectivity index (χ1v) is 4.65. The minimum atomic E-state index is 0.530. The first-order chi connectivity index (χ1) is 7.74. The summed E-state index contributed by atoms with van der Waals surface area (Å²) in [6.45, 7) is 1.75. The highest BCUT2D eigenvalue weighted by Crippen LogP contribution is 2.22. The van der Waals surface area contributed by atoms with Crippen LogP contribution in [0.15, 0.2) is 18.2 Å². The number of hydrogen-bond acceptors (Lipinski definition) is 5. The molecule has 1 heterocycles. The molecule has 0 fully saturated rings. The third-order valence-corrected chi connectivity index (χ3v) is 2.07. The number of methoxy groups -OCH3 is 1. The first-order valence-electron chi connectivity index (χ1n) is 4.65. The average Bonchev–Trinajstić information content (AvgIpc) is 2.74. The summed E-state index contributed by atoms with van der Waals surface area (Å²) in [6.07, 6.45) is 0.756. The van der Waals surface area contributed by atoms with Crippen molar-refractivity contribution >= 4 is 6.29 Å². The molecule has 0 amide bonds. The van der Waals surface area contributed by atoms with Crippen molar-refractivity contribution in [2.75, 3.05) is 7.11 Å². The maximum Gasteiger partial charge on any atom is 0.172 e. The molecule has 2 aromatic rings. The summed E-state index contributed by atoms with van der Waals surface area (Å²) in [5.41, 5.74) is 1.19. The molecule has 0 aliphatic heterocycles. The molecule has 2 rings (SSSR count). The molecule has 0 saturated heterocycles. The summed E-state index contributed by atoms with van der Waals surface area (Å²) in [6, 6.07) is 5.01. The van der Waals surface area contributed by atoms with E-state index in [4.69, 9.17) is 4.74 Å². The molecular formula is C10H10N4O2. The summed E-state index contributed by atoms with van der Waals surface area (Å²) in [5, 5.41) is 11.7. The van der Waals surface area contributed by atoms with Gasteiger partial charge in [0.25, 0.3) is 0 Å². The van der Waals surface area contributed by atoms with Crippen LogP contribution in [0, 0.1) is 6.92 Å². The Labute approximate surface area is 91.8 Å². The lowest BCUT2D eigenvalue weighted by atomic mass is 10.2. The predicted molar refractivity (Wildman–Crippen MR) is 55.8 cm³/mol. The summed E-state index contributed by atoms with van der Waals surface area (Å²) < 4.78 is 5.16. The Morgan fingerprint density at radius 3 is 2.81 bits per heavy atom. The Morgan fingerprint density at radius 1 is 1.44 bits per heavy atom. The Morgan fingerprint density at radius 2 is 2.25 bits per heavy atom. The zero-order chi connectivity index (χ0) is 11.5. The van der Waals surface area contributed by atoms with Crippen molar-refractivity contribution in [2.24, 2.45) is 0 Å². The van der Waals surface area contributed by atoms with Gasteiger partial charge >= 0.3 is 0 Å². The lowest BCUT2D eigenvalue weighted by molar-refractivity contribution is 0.112. The highest BCUT2D eigenvalue weighted by Gasteiger charge is 2.09. The van der Waals surface area contributed by atoms with E-state index in [1.54, 1.807) is 25.1 Å². The number of carbonyl (C=O) groups excluding carboxylic acids is 1. The van der Waals surface area contributed by atoms with Gasteiger partial charge in [0.15, 0.2) is 5.82 Å². The van der Waals surface area contributed by atoms with Crippen LogP contribution in [0.25, 0.3) is 5.69 Å². The molecule has 82 valence electrons. The molecule has 0 bridgehead atoms. The molecule has 6 heteroatoms. The van der Waals surface area contributed by atoms with Gasteiger partial charge in [-0.05, 0) is 30.3 Å². The van der Waals surface area contributed by atoms with Crippen LogP contribution in [0.3, 0.4) is 0 Å². The lowest BCUT2D eigenvalue weighted by Crippen LogP contribution is -2.02. The predicted octanol–water partition coefficient (Wildman–Crippen LogP) is 0.792. The van der Waals surface area contributed by atoms with Crippen LogP contribution in [0.1, 0.15) is 16.2 Å². The first kappa shape index (κ1) is 10.3. The van der Waals surface area contributed by atoms with Gasteiger partial charge in [-0.25, -0.2) is 0 Å². The van der Waals surface area contributed by atoms with Gasteiger partial charge in [-0.1, -0.05) is 0 Å². The van der Waals surface area contributed by atoms with Crippen LogP contribution >= 0.6 is 0 Å². The molecule has 0 N–H and O–H groups in total. The molecule has 6 nitrogen and oxygen atoms in total. The van der Waals surface area contributed by atoms with Gasteiger partial charge in [0, 0.05) is 5.56 Å². The van der Waals surface area contributed by atoms with E-state index < -0.39 is 0 Å². The van der Waals surface area contributed by atoms with Gasteiger partial charge in [0.05, 0.1) is 7.11 Å². The van der Waals surface area contributed by atoms with Gasteiger partial charge in [-0.3, -0.25) is 4.79 Å². The van der Waals surface area contributed by atoms with Crippen molar-refractivity contribution in [3.05, 3.63) is 29.6 Å². The second kappa shape index (κ2) is 4.09. The molecule has 1 aromatic heterocycles. The standard InChI is InChI=1S/C10H10N4O2/c1-7-11-13-14(12-7)9-4-3-8(6-15)5-10(9)16-2/h3-6H,1-2H3. The Kier molecular flexibility index (Phi) is 2.63. The van der Waals surface area contributed by atoms with Crippen molar-refractivity contribution in [2.45, 2.75) is 6.92 Å². The van der Waals surface area contributed by atoms with Crippen molar-refractivity contribution in [1.29, 1.82) is 0 Å². The monoisotopic (exact) mass is 218 g/mol. The maximum absolute atomic E-state index is 10.6. The van der Waals surface area contributed by atoms with E-state index in [-0.39, 0.29) is 0 Å². The summed E-state index contributed by atoms with van der Waals surface area (Å²) in [7, 11) is 1.53. The molecular weight excluding hydrogens is 208 g/mol. The van der Waals surface area contributed by atoms with Gasteiger partial charge in [-0.2, -0.15) is 0 Å². The molecule has 0 saturated carbocycles. The summed E-state index contributed by atoms with van der Waals surface area (Å²) in [5.74, 6) is 1.10. The number of rotatable bonds is 3. The topological polar surface area (TPSA) is 69.9 Å². The Hall–Kier alpha value is -2.24. The Balaban J connectivity index is 2.52. The van der Waals surface area contributed by atoms with Gasteiger partial charge < -0.3 is 4.74 Å². The highest BCUT2D eigenvalue weighted by atomic mass is 16.5. The number of ether oxygens (including phenoxy) is 1. The lowest BCUT2D eigenvalue weighted by Gasteiger charge is -2.06. The van der Waals surface area contributed by atoms with E-state index in [9.17, 15) is 4.79 Å². The number of aryl methyl sites for hydroxylation is 1. The van der Waals surface area contributed by atoms with Gasteiger partial charge in [0.2, 0.25) is 0 Å². The molecule has 0 unspecified atom stereocenters. The molecule has 16 heavy (non-hydrogen) atoms. The van der Waals surface area contributed by atoms with Crippen LogP contribution in [0.4, 0.5) is 0 Å². The molecule has 0 radical (unpaired) electrons. The largest absolute Gasteiger partial charge is 0.494 e. The number of hydrogen-bond donors (Lipinski definition) is 0. The minimum Gasteiger partial charge on any atom is -0.494 e. The molecule has 0 spiro atoms.